The molecule has 118 valence electrons. The second-order valence-electron chi connectivity index (χ2n) is 5.73. The zero-order valence-corrected chi connectivity index (χ0v) is 16.4. The molecule has 0 saturated heterocycles. The van der Waals surface area contributed by atoms with Crippen LogP contribution in [0.25, 0.3) is 0 Å². The first-order chi connectivity index (χ1) is 11.0. The Morgan fingerprint density at radius 2 is 2.22 bits per heavy atom. The maximum absolute atomic E-state index is 10.1. The van der Waals surface area contributed by atoms with Crippen LogP contribution in [0.2, 0.25) is 0 Å². The van der Waals surface area contributed by atoms with Gasteiger partial charge in [0.05, 0.1) is 10.0 Å². The largest absolute Gasteiger partial charge is 0.506 e. The molecule has 0 saturated carbocycles. The third-order valence-corrected chi connectivity index (χ3v) is 6.21. The molecule has 1 atom stereocenters. The third-order valence-electron chi connectivity index (χ3n) is 3.98. The first kappa shape index (κ1) is 16.7. The van der Waals surface area contributed by atoms with Gasteiger partial charge < -0.3 is 5.11 Å². The van der Waals surface area contributed by atoms with Gasteiger partial charge in [-0.1, -0.05) is 22.9 Å². The van der Waals surface area contributed by atoms with Crippen molar-refractivity contribution < 1.29 is 5.11 Å². The maximum Gasteiger partial charge on any atom is 0.138 e. The molecule has 0 aliphatic heterocycles. The van der Waals surface area contributed by atoms with E-state index < -0.39 is 0 Å². The van der Waals surface area contributed by atoms with Gasteiger partial charge in [0, 0.05) is 21.1 Å². The van der Waals surface area contributed by atoms with Crippen LogP contribution in [0.1, 0.15) is 34.9 Å². The van der Waals surface area contributed by atoms with E-state index in [0.717, 1.165) is 28.7 Å². The zero-order chi connectivity index (χ0) is 16.6. The van der Waals surface area contributed by atoms with E-state index in [0.29, 0.717) is 21.5 Å². The lowest BCUT2D eigenvalue weighted by Gasteiger charge is -2.17. The number of aromatic hydroxyl groups is 1. The summed E-state index contributed by atoms with van der Waals surface area (Å²) in [5, 5.41) is 20.3. The lowest BCUT2D eigenvalue weighted by molar-refractivity contribution is 0.471. The average molecular weight is 454 g/mol. The van der Waals surface area contributed by atoms with E-state index in [1.165, 1.54) is 10.4 Å². The minimum Gasteiger partial charge on any atom is -0.506 e. The fourth-order valence-electron chi connectivity index (χ4n) is 2.76. The molecule has 1 aromatic heterocycles. The second kappa shape index (κ2) is 6.76. The van der Waals surface area contributed by atoms with Gasteiger partial charge in [0.2, 0.25) is 0 Å². The SMILES string of the molecule is C[C@H]1CCc2c(sc(/N=C/c3cc(Br)cc(Br)c3O)c2C#N)C1. The molecule has 0 fully saturated rings. The van der Waals surface area contributed by atoms with E-state index in [1.54, 1.807) is 29.7 Å². The Morgan fingerprint density at radius 3 is 2.96 bits per heavy atom. The third kappa shape index (κ3) is 3.37. The summed E-state index contributed by atoms with van der Waals surface area (Å²) in [6.45, 7) is 2.24. The van der Waals surface area contributed by atoms with Gasteiger partial charge in [0.15, 0.2) is 0 Å². The van der Waals surface area contributed by atoms with Crippen LogP contribution in [0, 0.1) is 17.2 Å². The molecule has 0 radical (unpaired) electrons. The van der Waals surface area contributed by atoms with E-state index in [-0.39, 0.29) is 5.75 Å². The summed E-state index contributed by atoms with van der Waals surface area (Å²) in [5.41, 5.74) is 2.47. The van der Waals surface area contributed by atoms with Gasteiger partial charge in [-0.3, -0.25) is 0 Å². The molecule has 0 amide bonds. The number of fused-ring (bicyclic) bond motifs is 1. The molecule has 0 spiro atoms. The molecular weight excluding hydrogens is 440 g/mol. The first-order valence-corrected chi connectivity index (χ1v) is 9.66. The monoisotopic (exact) mass is 452 g/mol. The number of hydrogen-bond acceptors (Lipinski definition) is 4. The minimum absolute atomic E-state index is 0.144. The predicted molar refractivity (Wildman–Crippen MR) is 101 cm³/mol. The number of phenols is 1. The van der Waals surface area contributed by atoms with Crippen molar-refractivity contribution in [3.8, 4) is 11.8 Å². The van der Waals surface area contributed by atoms with Gasteiger partial charge in [-0.15, -0.1) is 11.3 Å². The lowest BCUT2D eigenvalue weighted by Crippen LogP contribution is -2.09. The van der Waals surface area contributed by atoms with Gasteiger partial charge in [-0.25, -0.2) is 4.99 Å². The van der Waals surface area contributed by atoms with E-state index in [9.17, 15) is 10.4 Å². The summed E-state index contributed by atoms with van der Waals surface area (Å²) in [6, 6.07) is 5.88. The minimum atomic E-state index is 0.144. The van der Waals surface area contributed by atoms with Crippen molar-refractivity contribution in [1.82, 2.24) is 0 Å². The molecule has 0 bridgehead atoms. The van der Waals surface area contributed by atoms with Crippen molar-refractivity contribution in [3.63, 3.8) is 0 Å². The van der Waals surface area contributed by atoms with Crippen LogP contribution in [0.3, 0.4) is 0 Å². The number of nitriles is 1. The smallest absolute Gasteiger partial charge is 0.138 e. The van der Waals surface area contributed by atoms with Crippen molar-refractivity contribution in [1.29, 1.82) is 5.26 Å². The van der Waals surface area contributed by atoms with E-state index >= 15 is 0 Å². The number of benzene rings is 1. The highest BCUT2D eigenvalue weighted by Crippen LogP contribution is 2.41. The molecule has 23 heavy (non-hydrogen) atoms. The summed E-state index contributed by atoms with van der Waals surface area (Å²) in [4.78, 5) is 5.77. The fraction of sp³-hybridized carbons (Fsp3) is 0.294. The Bertz CT molecular complexity index is 836. The van der Waals surface area contributed by atoms with Crippen LogP contribution in [0.4, 0.5) is 5.00 Å². The topological polar surface area (TPSA) is 56.4 Å². The fourth-order valence-corrected chi connectivity index (χ4v) is 5.32. The first-order valence-electron chi connectivity index (χ1n) is 7.26. The van der Waals surface area contributed by atoms with Gasteiger partial charge in [0.1, 0.15) is 16.8 Å². The van der Waals surface area contributed by atoms with Crippen molar-refractivity contribution in [3.05, 3.63) is 42.6 Å². The van der Waals surface area contributed by atoms with Crippen LogP contribution in [0.5, 0.6) is 5.75 Å². The molecule has 1 heterocycles. The highest BCUT2D eigenvalue weighted by Gasteiger charge is 2.23. The van der Waals surface area contributed by atoms with Gasteiger partial charge in [-0.2, -0.15) is 5.26 Å². The van der Waals surface area contributed by atoms with Crippen molar-refractivity contribution in [2.24, 2.45) is 10.9 Å². The summed E-state index contributed by atoms with van der Waals surface area (Å²) in [7, 11) is 0. The van der Waals surface area contributed by atoms with Crippen molar-refractivity contribution >= 4 is 54.4 Å². The van der Waals surface area contributed by atoms with Crippen LogP contribution in [-0.4, -0.2) is 11.3 Å². The van der Waals surface area contributed by atoms with E-state index in [1.807, 2.05) is 0 Å². The van der Waals surface area contributed by atoms with Gasteiger partial charge >= 0.3 is 0 Å². The van der Waals surface area contributed by atoms with Crippen LogP contribution >= 0.6 is 43.2 Å². The molecule has 1 N–H and O–H groups in total. The standard InChI is InChI=1S/C17H14Br2N2OS/c1-9-2-3-12-13(7-20)17(23-15(12)4-9)21-8-10-5-11(18)6-14(19)16(10)22/h5-6,8-9,22H,2-4H2,1H3/b21-8+/t9-/m0/s1. The number of aliphatic imine (C=N–C) groups is 1. The number of rotatable bonds is 2. The highest BCUT2D eigenvalue weighted by atomic mass is 79.9. The van der Waals surface area contributed by atoms with Crippen LogP contribution in [-0.2, 0) is 12.8 Å². The quantitative estimate of drug-likeness (QED) is 0.590. The van der Waals surface area contributed by atoms with Crippen molar-refractivity contribution in [2.75, 3.05) is 0 Å². The number of nitrogens with zero attached hydrogens (tertiary/aromatic N) is 2. The molecular formula is C17H14Br2N2OS. The molecule has 0 unspecified atom stereocenters. The summed E-state index contributed by atoms with van der Waals surface area (Å²) in [6.07, 6.45) is 4.73. The van der Waals surface area contributed by atoms with E-state index in [2.05, 4.69) is 49.8 Å². The molecule has 3 nitrogen and oxygen atoms in total. The molecule has 1 aliphatic rings. The van der Waals surface area contributed by atoms with Gasteiger partial charge in [0.25, 0.3) is 0 Å². The maximum atomic E-state index is 10.1. The van der Waals surface area contributed by atoms with Crippen molar-refractivity contribution in [2.45, 2.75) is 26.2 Å². The molecule has 2 aromatic rings. The number of phenolic OH excluding ortho intramolecular Hbond substituents is 1. The summed E-state index contributed by atoms with van der Waals surface area (Å²) < 4.78 is 1.46. The summed E-state index contributed by atoms with van der Waals surface area (Å²) in [5.74, 6) is 0.806. The Morgan fingerprint density at radius 1 is 1.43 bits per heavy atom. The molecule has 1 aromatic carbocycles. The molecule has 6 heteroatoms. The normalized spacial score (nSPS) is 17.2. The predicted octanol–water partition coefficient (Wildman–Crippen LogP) is 5.73. The van der Waals surface area contributed by atoms with Crippen LogP contribution in [0.15, 0.2) is 26.1 Å². The Kier molecular flexibility index (Phi) is 4.90. The second-order valence-corrected chi connectivity index (χ2v) is 8.58. The summed E-state index contributed by atoms with van der Waals surface area (Å²) >= 11 is 8.31. The molecule has 1 aliphatic carbocycles. The zero-order valence-electron chi connectivity index (χ0n) is 12.4. The number of thiophene rings is 1. The Hall–Kier alpha value is -1.16. The number of halogens is 2. The van der Waals surface area contributed by atoms with E-state index in [4.69, 9.17) is 0 Å². The average Bonchev–Trinajstić information content (AvgIpc) is 2.85. The molecule has 3 rings (SSSR count). The Labute approximate surface area is 155 Å². The van der Waals surface area contributed by atoms with Crippen LogP contribution < -0.4 is 0 Å². The lowest BCUT2D eigenvalue weighted by atomic mass is 9.89. The number of hydrogen-bond donors (Lipinski definition) is 1. The van der Waals surface area contributed by atoms with Gasteiger partial charge in [-0.05, 0) is 58.8 Å². The Balaban J connectivity index is 2.00. The highest BCUT2D eigenvalue weighted by molar-refractivity contribution is 9.11.